The highest BCUT2D eigenvalue weighted by molar-refractivity contribution is 5.60. The first-order valence-electron chi connectivity index (χ1n) is 10.5. The first-order chi connectivity index (χ1) is 13.1. The van der Waals surface area contributed by atoms with Crippen molar-refractivity contribution in [2.75, 3.05) is 18.8 Å². The van der Waals surface area contributed by atoms with Gasteiger partial charge in [0.25, 0.3) is 0 Å². The fraction of sp³-hybridized carbons (Fsp3) is 0.500. The van der Waals surface area contributed by atoms with Gasteiger partial charge in [-0.25, -0.2) is 0 Å². The van der Waals surface area contributed by atoms with Gasteiger partial charge in [-0.05, 0) is 87.2 Å². The Morgan fingerprint density at radius 2 is 1.74 bits per heavy atom. The van der Waals surface area contributed by atoms with Crippen molar-refractivity contribution in [3.05, 3.63) is 59.2 Å². The Hall–Kier alpha value is -2.00. The van der Waals surface area contributed by atoms with Crippen LogP contribution in [0, 0.1) is 6.92 Å². The molecule has 3 rings (SSSR count). The second-order valence-corrected chi connectivity index (χ2v) is 7.94. The Morgan fingerprint density at radius 3 is 2.41 bits per heavy atom. The smallest absolute Gasteiger partial charge is 0.138 e. The Kier molecular flexibility index (Phi) is 6.78. The average Bonchev–Trinajstić information content (AvgIpc) is 2.71. The number of aromatic hydroxyl groups is 1. The van der Waals surface area contributed by atoms with Crippen LogP contribution in [0.25, 0.3) is 0 Å². The molecule has 0 heterocycles. The lowest BCUT2D eigenvalue weighted by Crippen LogP contribution is -2.38. The van der Waals surface area contributed by atoms with Gasteiger partial charge in [0.05, 0.1) is 5.69 Å². The van der Waals surface area contributed by atoms with Crippen LogP contribution >= 0.6 is 0 Å². The Morgan fingerprint density at radius 1 is 1.04 bits per heavy atom. The predicted octanol–water partition coefficient (Wildman–Crippen LogP) is 5.26. The molecule has 0 unspecified atom stereocenters. The fourth-order valence-corrected chi connectivity index (χ4v) is 4.66. The van der Waals surface area contributed by atoms with Crippen LogP contribution < -0.4 is 5.73 Å². The second kappa shape index (κ2) is 9.27. The third-order valence-electron chi connectivity index (χ3n) is 6.35. The summed E-state index contributed by atoms with van der Waals surface area (Å²) in [5.74, 6) is 0.785. The van der Waals surface area contributed by atoms with E-state index in [1.165, 1.54) is 56.2 Å². The molecule has 1 aliphatic carbocycles. The summed E-state index contributed by atoms with van der Waals surface area (Å²) in [7, 11) is 0. The predicted molar refractivity (Wildman–Crippen MR) is 114 cm³/mol. The molecule has 1 aliphatic rings. The molecule has 0 spiro atoms. The van der Waals surface area contributed by atoms with E-state index in [0.29, 0.717) is 17.6 Å². The van der Waals surface area contributed by atoms with Gasteiger partial charge in [-0.15, -0.1) is 0 Å². The summed E-state index contributed by atoms with van der Waals surface area (Å²) >= 11 is 0. The highest BCUT2D eigenvalue weighted by Gasteiger charge is 2.27. The van der Waals surface area contributed by atoms with E-state index in [9.17, 15) is 5.11 Å². The number of nitrogens with two attached hydrogens (primary N) is 1. The standard InChI is InChI=1S/C24H34N2O/c1-3-26(17-7-10-19-8-5-4-6-9-19)21-13-11-20(12-14-21)22-15-16-23(27)24(25)18(22)2/h4-6,8-9,15-16,20-21,27H,3,7,10-14,17,25H2,1-2H3. The van der Waals surface area contributed by atoms with Gasteiger partial charge in [0, 0.05) is 6.04 Å². The number of rotatable bonds is 7. The molecule has 146 valence electrons. The van der Waals surface area contributed by atoms with Crippen molar-refractivity contribution in [3.63, 3.8) is 0 Å². The SMILES string of the molecule is CCN(CCCc1ccccc1)C1CCC(c2ccc(O)c(N)c2C)CC1. The van der Waals surface area contributed by atoms with Crippen LogP contribution in [0.1, 0.15) is 61.6 Å². The summed E-state index contributed by atoms with van der Waals surface area (Å²) in [6.45, 7) is 6.65. The Bertz CT molecular complexity index is 721. The molecule has 0 aromatic heterocycles. The zero-order valence-electron chi connectivity index (χ0n) is 16.8. The first-order valence-corrected chi connectivity index (χ1v) is 10.5. The lowest BCUT2D eigenvalue weighted by Gasteiger charge is -2.37. The average molecular weight is 367 g/mol. The number of nitrogen functional groups attached to an aromatic ring is 1. The lowest BCUT2D eigenvalue weighted by molar-refractivity contribution is 0.154. The van der Waals surface area contributed by atoms with Gasteiger partial charge in [-0.2, -0.15) is 0 Å². The molecule has 0 atom stereocenters. The van der Waals surface area contributed by atoms with Crippen LogP contribution in [-0.2, 0) is 6.42 Å². The summed E-state index contributed by atoms with van der Waals surface area (Å²) in [6, 6.07) is 15.3. The molecule has 0 radical (unpaired) electrons. The number of phenolic OH excluding ortho intramolecular Hbond substituents is 1. The van der Waals surface area contributed by atoms with Gasteiger partial charge in [0.15, 0.2) is 0 Å². The van der Waals surface area contributed by atoms with Gasteiger partial charge in [-0.3, -0.25) is 0 Å². The molecule has 0 bridgehead atoms. The largest absolute Gasteiger partial charge is 0.506 e. The van der Waals surface area contributed by atoms with E-state index in [1.54, 1.807) is 6.07 Å². The molecule has 1 fully saturated rings. The minimum atomic E-state index is 0.209. The van der Waals surface area contributed by atoms with Crippen molar-refractivity contribution in [1.29, 1.82) is 0 Å². The molecule has 1 saturated carbocycles. The van der Waals surface area contributed by atoms with Crippen molar-refractivity contribution in [1.82, 2.24) is 4.90 Å². The summed E-state index contributed by atoms with van der Waals surface area (Å²) < 4.78 is 0. The van der Waals surface area contributed by atoms with Crippen molar-refractivity contribution >= 4 is 5.69 Å². The molecule has 27 heavy (non-hydrogen) atoms. The quantitative estimate of drug-likeness (QED) is 0.519. The van der Waals surface area contributed by atoms with Gasteiger partial charge in [0.1, 0.15) is 5.75 Å². The molecule has 3 heteroatoms. The van der Waals surface area contributed by atoms with Crippen LogP contribution in [0.15, 0.2) is 42.5 Å². The van der Waals surface area contributed by atoms with E-state index in [-0.39, 0.29) is 5.75 Å². The number of phenols is 1. The monoisotopic (exact) mass is 366 g/mol. The van der Waals surface area contributed by atoms with Crippen molar-refractivity contribution in [2.45, 2.75) is 64.3 Å². The summed E-state index contributed by atoms with van der Waals surface area (Å²) in [4.78, 5) is 2.68. The fourth-order valence-electron chi connectivity index (χ4n) is 4.66. The molecule has 3 nitrogen and oxygen atoms in total. The zero-order chi connectivity index (χ0) is 19.2. The molecule has 2 aromatic rings. The normalized spacial score (nSPS) is 20.1. The van der Waals surface area contributed by atoms with Gasteiger partial charge in [-0.1, -0.05) is 43.3 Å². The Labute approximate surface area is 164 Å². The van der Waals surface area contributed by atoms with E-state index < -0.39 is 0 Å². The maximum atomic E-state index is 9.80. The van der Waals surface area contributed by atoms with Crippen LogP contribution in [0.5, 0.6) is 5.75 Å². The van der Waals surface area contributed by atoms with E-state index in [2.05, 4.69) is 48.2 Å². The van der Waals surface area contributed by atoms with Gasteiger partial charge < -0.3 is 15.7 Å². The van der Waals surface area contributed by atoms with Gasteiger partial charge in [0.2, 0.25) is 0 Å². The van der Waals surface area contributed by atoms with Crippen LogP contribution in [0.4, 0.5) is 5.69 Å². The van der Waals surface area contributed by atoms with E-state index in [4.69, 9.17) is 5.73 Å². The number of hydrogen-bond acceptors (Lipinski definition) is 3. The summed E-state index contributed by atoms with van der Waals surface area (Å²) in [5, 5.41) is 9.80. The summed E-state index contributed by atoms with van der Waals surface area (Å²) in [6.07, 6.45) is 7.33. The number of benzene rings is 2. The number of aryl methyl sites for hydroxylation is 1. The first kappa shape index (κ1) is 19.8. The molecule has 2 aromatic carbocycles. The van der Waals surface area contributed by atoms with E-state index in [1.807, 2.05) is 6.92 Å². The number of anilines is 1. The topological polar surface area (TPSA) is 49.5 Å². The minimum absolute atomic E-state index is 0.209. The summed E-state index contributed by atoms with van der Waals surface area (Å²) in [5.41, 5.74) is 10.4. The van der Waals surface area contributed by atoms with Crippen LogP contribution in [-0.4, -0.2) is 29.1 Å². The second-order valence-electron chi connectivity index (χ2n) is 7.94. The van der Waals surface area contributed by atoms with Crippen LogP contribution in [0.2, 0.25) is 0 Å². The van der Waals surface area contributed by atoms with Gasteiger partial charge >= 0.3 is 0 Å². The van der Waals surface area contributed by atoms with Crippen molar-refractivity contribution in [3.8, 4) is 5.75 Å². The van der Waals surface area contributed by atoms with Crippen molar-refractivity contribution in [2.24, 2.45) is 0 Å². The zero-order valence-corrected chi connectivity index (χ0v) is 16.8. The minimum Gasteiger partial charge on any atom is -0.506 e. The molecule has 0 saturated heterocycles. The third kappa shape index (κ3) is 4.84. The lowest BCUT2D eigenvalue weighted by atomic mass is 9.79. The number of hydrogen-bond donors (Lipinski definition) is 2. The highest BCUT2D eigenvalue weighted by atomic mass is 16.3. The molecule has 0 amide bonds. The van der Waals surface area contributed by atoms with E-state index >= 15 is 0 Å². The Balaban J connectivity index is 1.52. The molecular formula is C24H34N2O. The maximum absolute atomic E-state index is 9.80. The molecule has 3 N–H and O–H groups in total. The van der Waals surface area contributed by atoms with E-state index in [0.717, 1.165) is 12.1 Å². The van der Waals surface area contributed by atoms with Crippen molar-refractivity contribution < 1.29 is 5.11 Å². The highest BCUT2D eigenvalue weighted by Crippen LogP contribution is 2.39. The number of nitrogens with zero attached hydrogens (tertiary/aromatic N) is 1. The molecular weight excluding hydrogens is 332 g/mol. The maximum Gasteiger partial charge on any atom is 0.138 e. The third-order valence-corrected chi connectivity index (χ3v) is 6.35. The molecule has 0 aliphatic heterocycles. The van der Waals surface area contributed by atoms with Crippen LogP contribution in [0.3, 0.4) is 0 Å².